The molecule has 0 unspecified atom stereocenters. The van der Waals surface area contributed by atoms with E-state index in [1.54, 1.807) is 0 Å². The summed E-state index contributed by atoms with van der Waals surface area (Å²) in [6, 6.07) is 5.76. The van der Waals surface area contributed by atoms with Crippen LogP contribution in [0.1, 0.15) is 12.5 Å². The highest BCUT2D eigenvalue weighted by Gasteiger charge is 2.18. The minimum absolute atomic E-state index is 0.309. The third-order valence-electron chi connectivity index (χ3n) is 1.86. The van der Waals surface area contributed by atoms with Gasteiger partial charge in [-0.3, -0.25) is 0 Å². The Balaban J connectivity index is 2.43. The molecule has 11 heavy (non-hydrogen) atoms. The van der Waals surface area contributed by atoms with Crippen LogP contribution >= 0.6 is 11.6 Å². The predicted molar refractivity (Wildman–Crippen MR) is 45.2 cm³/mol. The van der Waals surface area contributed by atoms with Gasteiger partial charge in [-0.2, -0.15) is 0 Å². The van der Waals surface area contributed by atoms with Crippen molar-refractivity contribution in [2.24, 2.45) is 0 Å². The van der Waals surface area contributed by atoms with E-state index < -0.39 is 0 Å². The first kappa shape index (κ1) is 6.99. The summed E-state index contributed by atoms with van der Waals surface area (Å²) in [7, 11) is 0. The van der Waals surface area contributed by atoms with Crippen molar-refractivity contribution in [2.45, 2.75) is 19.4 Å². The zero-order chi connectivity index (χ0) is 7.84. The van der Waals surface area contributed by atoms with Gasteiger partial charge >= 0.3 is 0 Å². The van der Waals surface area contributed by atoms with Crippen LogP contribution in [0.2, 0.25) is 5.02 Å². The largest absolute Gasteiger partial charge is 0.490 e. The van der Waals surface area contributed by atoms with Crippen molar-refractivity contribution in [3.8, 4) is 5.75 Å². The van der Waals surface area contributed by atoms with Gasteiger partial charge in [0.2, 0.25) is 0 Å². The fourth-order valence-electron chi connectivity index (χ4n) is 1.39. The van der Waals surface area contributed by atoms with E-state index in [4.69, 9.17) is 16.3 Å². The molecule has 0 radical (unpaired) electrons. The highest BCUT2D eigenvalue weighted by Crippen LogP contribution is 2.30. The Bertz CT molecular complexity index is 283. The predicted octanol–water partition coefficient (Wildman–Crippen LogP) is 2.66. The quantitative estimate of drug-likeness (QED) is 0.579. The van der Waals surface area contributed by atoms with Crippen LogP contribution in [0, 0.1) is 0 Å². The molecule has 1 aliphatic rings. The highest BCUT2D eigenvalue weighted by atomic mass is 35.5. The summed E-state index contributed by atoms with van der Waals surface area (Å²) in [4.78, 5) is 0. The topological polar surface area (TPSA) is 9.23 Å². The average molecular weight is 169 g/mol. The van der Waals surface area contributed by atoms with Gasteiger partial charge in [0.1, 0.15) is 11.9 Å². The van der Waals surface area contributed by atoms with E-state index in [0.717, 1.165) is 17.2 Å². The molecule has 0 amide bonds. The van der Waals surface area contributed by atoms with Crippen LogP contribution in [0.15, 0.2) is 18.2 Å². The van der Waals surface area contributed by atoms with E-state index in [1.807, 2.05) is 18.2 Å². The van der Waals surface area contributed by atoms with Gasteiger partial charge in [-0.15, -0.1) is 0 Å². The fraction of sp³-hybridized carbons (Fsp3) is 0.333. The lowest BCUT2D eigenvalue weighted by Crippen LogP contribution is -2.05. The van der Waals surface area contributed by atoms with Crippen molar-refractivity contribution < 1.29 is 4.74 Å². The number of fused-ring (bicyclic) bond motifs is 1. The molecule has 1 nitrogen and oxygen atoms in total. The van der Waals surface area contributed by atoms with Crippen LogP contribution < -0.4 is 4.74 Å². The second-order valence-electron chi connectivity index (χ2n) is 2.88. The zero-order valence-electron chi connectivity index (χ0n) is 6.30. The average Bonchev–Trinajstić information content (AvgIpc) is 2.27. The Hall–Kier alpha value is -0.690. The van der Waals surface area contributed by atoms with Crippen LogP contribution in [0.3, 0.4) is 0 Å². The van der Waals surface area contributed by atoms with E-state index in [2.05, 4.69) is 6.92 Å². The van der Waals surface area contributed by atoms with E-state index in [9.17, 15) is 0 Å². The Morgan fingerprint density at radius 2 is 2.36 bits per heavy atom. The molecule has 0 aromatic heterocycles. The molecule has 58 valence electrons. The maximum absolute atomic E-state index is 5.82. The monoisotopic (exact) mass is 168 g/mol. The number of benzene rings is 1. The highest BCUT2D eigenvalue weighted by molar-refractivity contribution is 6.30. The lowest BCUT2D eigenvalue weighted by Gasteiger charge is -2.00. The van der Waals surface area contributed by atoms with Gasteiger partial charge in [0.15, 0.2) is 0 Å². The second kappa shape index (κ2) is 2.42. The molecule has 0 fully saturated rings. The zero-order valence-corrected chi connectivity index (χ0v) is 7.06. The molecule has 1 atom stereocenters. The van der Waals surface area contributed by atoms with E-state index in [0.29, 0.717) is 6.10 Å². The van der Waals surface area contributed by atoms with Gasteiger partial charge in [0.05, 0.1) is 0 Å². The number of hydrogen-bond acceptors (Lipinski definition) is 1. The van der Waals surface area contributed by atoms with Gasteiger partial charge in [-0.1, -0.05) is 11.6 Å². The SMILES string of the molecule is C[C@@H]1Cc2cc(Cl)ccc2O1. The Morgan fingerprint density at radius 1 is 1.55 bits per heavy atom. The standard InChI is InChI=1S/C9H9ClO/c1-6-4-7-5-8(10)2-3-9(7)11-6/h2-3,5-6H,4H2,1H3/t6-/m1/s1. The van der Waals surface area contributed by atoms with Crippen molar-refractivity contribution in [1.82, 2.24) is 0 Å². The smallest absolute Gasteiger partial charge is 0.123 e. The summed E-state index contributed by atoms with van der Waals surface area (Å²) in [6.45, 7) is 2.06. The lowest BCUT2D eigenvalue weighted by molar-refractivity contribution is 0.254. The van der Waals surface area contributed by atoms with Gasteiger partial charge in [0, 0.05) is 11.4 Å². The number of halogens is 1. The molecule has 0 saturated heterocycles. The van der Waals surface area contributed by atoms with Gasteiger partial charge in [-0.25, -0.2) is 0 Å². The summed E-state index contributed by atoms with van der Waals surface area (Å²) < 4.78 is 5.50. The van der Waals surface area contributed by atoms with E-state index >= 15 is 0 Å². The normalized spacial score (nSPS) is 21.1. The molecule has 0 spiro atoms. The molecule has 1 aromatic carbocycles. The van der Waals surface area contributed by atoms with Gasteiger partial charge in [-0.05, 0) is 30.7 Å². The molecule has 2 heteroatoms. The van der Waals surface area contributed by atoms with Crippen molar-refractivity contribution in [1.29, 1.82) is 0 Å². The molecule has 0 saturated carbocycles. The van der Waals surface area contributed by atoms with Crippen molar-refractivity contribution in [3.63, 3.8) is 0 Å². The molecule has 0 bridgehead atoms. The molecule has 2 rings (SSSR count). The summed E-state index contributed by atoms with van der Waals surface area (Å²) in [5.41, 5.74) is 1.23. The Labute approximate surface area is 70.9 Å². The minimum atomic E-state index is 0.309. The van der Waals surface area contributed by atoms with Crippen molar-refractivity contribution in [2.75, 3.05) is 0 Å². The maximum atomic E-state index is 5.82. The molecule has 0 aliphatic carbocycles. The van der Waals surface area contributed by atoms with Gasteiger partial charge in [0.25, 0.3) is 0 Å². The molecular weight excluding hydrogens is 160 g/mol. The Kier molecular flexibility index (Phi) is 1.53. The minimum Gasteiger partial charge on any atom is -0.490 e. The number of rotatable bonds is 0. The van der Waals surface area contributed by atoms with Crippen LogP contribution in [-0.2, 0) is 6.42 Å². The molecule has 1 heterocycles. The first-order valence-corrected chi connectivity index (χ1v) is 4.08. The summed E-state index contributed by atoms with van der Waals surface area (Å²) in [5, 5.41) is 0.793. The van der Waals surface area contributed by atoms with Crippen LogP contribution in [0.4, 0.5) is 0 Å². The van der Waals surface area contributed by atoms with Crippen molar-refractivity contribution >= 4 is 11.6 Å². The molecule has 1 aromatic rings. The molecule has 1 aliphatic heterocycles. The van der Waals surface area contributed by atoms with Gasteiger partial charge < -0.3 is 4.74 Å². The third kappa shape index (κ3) is 1.21. The molecular formula is C9H9ClO. The van der Waals surface area contributed by atoms with Crippen molar-refractivity contribution in [3.05, 3.63) is 28.8 Å². The third-order valence-corrected chi connectivity index (χ3v) is 2.09. The maximum Gasteiger partial charge on any atom is 0.123 e. The first-order chi connectivity index (χ1) is 5.25. The Morgan fingerprint density at radius 3 is 3.18 bits per heavy atom. The number of ether oxygens (including phenoxy) is 1. The van der Waals surface area contributed by atoms with Crippen LogP contribution in [0.5, 0.6) is 5.75 Å². The summed E-state index contributed by atoms with van der Waals surface area (Å²) >= 11 is 5.82. The summed E-state index contributed by atoms with van der Waals surface area (Å²) in [6.07, 6.45) is 1.29. The second-order valence-corrected chi connectivity index (χ2v) is 3.32. The van der Waals surface area contributed by atoms with E-state index in [1.165, 1.54) is 5.56 Å². The lowest BCUT2D eigenvalue weighted by atomic mass is 10.1. The van der Waals surface area contributed by atoms with Crippen LogP contribution in [-0.4, -0.2) is 6.10 Å². The summed E-state index contributed by atoms with van der Waals surface area (Å²) in [5.74, 6) is 0.988. The molecule has 0 N–H and O–H groups in total. The van der Waals surface area contributed by atoms with E-state index in [-0.39, 0.29) is 0 Å². The fourth-order valence-corrected chi connectivity index (χ4v) is 1.59. The number of hydrogen-bond donors (Lipinski definition) is 0. The van der Waals surface area contributed by atoms with Crippen LogP contribution in [0.25, 0.3) is 0 Å². The first-order valence-electron chi connectivity index (χ1n) is 3.71.